The van der Waals surface area contributed by atoms with Crippen molar-refractivity contribution in [3.63, 3.8) is 0 Å². The van der Waals surface area contributed by atoms with Gasteiger partial charge in [-0.15, -0.1) is 0 Å². The second-order valence-electron chi connectivity index (χ2n) is 5.57. The molecule has 0 aliphatic carbocycles. The molecule has 1 N–H and O–H groups in total. The van der Waals surface area contributed by atoms with Crippen molar-refractivity contribution in [3.05, 3.63) is 0 Å². The highest BCUT2D eigenvalue weighted by Crippen LogP contribution is 2.26. The fraction of sp³-hybridized carbons (Fsp3) is 1.00. The molecule has 0 radical (unpaired) electrons. The van der Waals surface area contributed by atoms with E-state index in [1.54, 1.807) is 6.92 Å². The van der Waals surface area contributed by atoms with Gasteiger partial charge in [-0.25, -0.2) is 30.0 Å². The van der Waals surface area contributed by atoms with Crippen LogP contribution in [0.4, 0.5) is 0 Å². The SMILES string of the molecule is C[C@@]1(NS(=O)(=O)[C@H]2CCS(=O)(=O)C2)CCS(=O)(=O)C1. The molecule has 2 fully saturated rings. The van der Waals surface area contributed by atoms with E-state index in [0.29, 0.717) is 0 Å². The minimum absolute atomic E-state index is 0.0466. The molecule has 0 aromatic carbocycles. The lowest BCUT2D eigenvalue weighted by atomic mass is 10.0. The molecular weight excluding hydrogens is 314 g/mol. The summed E-state index contributed by atoms with van der Waals surface area (Å²) in [6.07, 6.45) is 0.286. The minimum atomic E-state index is -3.82. The Morgan fingerprint density at radius 3 is 2.16 bits per heavy atom. The maximum Gasteiger partial charge on any atom is 0.216 e. The van der Waals surface area contributed by atoms with Gasteiger partial charge in [0.25, 0.3) is 0 Å². The van der Waals surface area contributed by atoms with E-state index in [0.717, 1.165) is 0 Å². The first-order chi connectivity index (χ1) is 8.43. The number of sulfone groups is 2. The van der Waals surface area contributed by atoms with E-state index in [2.05, 4.69) is 4.72 Å². The van der Waals surface area contributed by atoms with Crippen LogP contribution in [0.15, 0.2) is 0 Å². The Balaban J connectivity index is 2.15. The van der Waals surface area contributed by atoms with Crippen LogP contribution in [0.1, 0.15) is 19.8 Å². The molecule has 2 atom stereocenters. The molecule has 10 heteroatoms. The molecule has 112 valence electrons. The minimum Gasteiger partial charge on any atom is -0.229 e. The van der Waals surface area contributed by atoms with Crippen LogP contribution in [0.5, 0.6) is 0 Å². The molecule has 0 unspecified atom stereocenters. The van der Waals surface area contributed by atoms with Gasteiger partial charge >= 0.3 is 0 Å². The van der Waals surface area contributed by atoms with E-state index in [1.807, 2.05) is 0 Å². The second-order valence-corrected chi connectivity index (χ2v) is 11.9. The molecule has 0 saturated carbocycles. The summed E-state index contributed by atoms with van der Waals surface area (Å²) >= 11 is 0. The lowest BCUT2D eigenvalue weighted by Gasteiger charge is -2.25. The van der Waals surface area contributed by atoms with Crippen molar-refractivity contribution in [2.45, 2.75) is 30.6 Å². The summed E-state index contributed by atoms with van der Waals surface area (Å²) in [7, 11) is -10.3. The largest absolute Gasteiger partial charge is 0.229 e. The van der Waals surface area contributed by atoms with Gasteiger partial charge in [-0.3, -0.25) is 0 Å². The number of hydrogen-bond donors (Lipinski definition) is 1. The van der Waals surface area contributed by atoms with Gasteiger partial charge in [0.2, 0.25) is 10.0 Å². The van der Waals surface area contributed by atoms with E-state index >= 15 is 0 Å². The third kappa shape index (κ3) is 3.47. The van der Waals surface area contributed by atoms with E-state index < -0.39 is 40.5 Å². The molecule has 19 heavy (non-hydrogen) atoms. The summed E-state index contributed by atoms with van der Waals surface area (Å²) < 4.78 is 72.1. The molecule has 0 spiro atoms. The summed E-state index contributed by atoms with van der Waals surface area (Å²) in [4.78, 5) is 0. The summed E-state index contributed by atoms with van der Waals surface area (Å²) in [5, 5.41) is -0.974. The standard InChI is InChI=1S/C9H17NO6S3/c1-9(3-5-18(13,14)7-9)10-19(15,16)8-2-4-17(11,12)6-8/h8,10H,2-7H2,1H3/t8-,9+/m0/s1. The Bertz CT molecular complexity index is 677. The predicted octanol–water partition coefficient (Wildman–Crippen LogP) is -1.33. The van der Waals surface area contributed by atoms with E-state index in [4.69, 9.17) is 0 Å². The third-order valence-corrected chi connectivity index (χ3v) is 9.46. The normalized spacial score (nSPS) is 37.4. The molecule has 0 aromatic rings. The molecule has 0 bridgehead atoms. The fourth-order valence-corrected chi connectivity index (χ4v) is 9.20. The lowest BCUT2D eigenvalue weighted by molar-refractivity contribution is 0.457. The Labute approximate surface area is 113 Å². The molecule has 2 aliphatic heterocycles. The highest BCUT2D eigenvalue weighted by Gasteiger charge is 2.45. The quantitative estimate of drug-likeness (QED) is 0.685. The molecular formula is C9H17NO6S3. The lowest BCUT2D eigenvalue weighted by Crippen LogP contribution is -2.50. The van der Waals surface area contributed by atoms with Crippen LogP contribution in [0.25, 0.3) is 0 Å². The van der Waals surface area contributed by atoms with Crippen molar-refractivity contribution < 1.29 is 25.3 Å². The topological polar surface area (TPSA) is 114 Å². The summed E-state index contributed by atoms with van der Waals surface area (Å²) in [6, 6.07) is 0. The Hall–Kier alpha value is -0.190. The molecule has 0 amide bonds. The number of hydrogen-bond acceptors (Lipinski definition) is 6. The second kappa shape index (κ2) is 4.40. The van der Waals surface area contributed by atoms with Gasteiger partial charge in [0, 0.05) is 5.54 Å². The Morgan fingerprint density at radius 1 is 1.11 bits per heavy atom. The van der Waals surface area contributed by atoms with Crippen molar-refractivity contribution in [1.29, 1.82) is 0 Å². The highest BCUT2D eigenvalue weighted by atomic mass is 32.2. The average Bonchev–Trinajstić information content (AvgIpc) is 2.66. The molecule has 7 nitrogen and oxygen atoms in total. The van der Waals surface area contributed by atoms with Gasteiger partial charge in [0.15, 0.2) is 19.7 Å². The van der Waals surface area contributed by atoms with Crippen LogP contribution in [0.2, 0.25) is 0 Å². The van der Waals surface area contributed by atoms with E-state index in [-0.39, 0.29) is 35.9 Å². The summed E-state index contributed by atoms with van der Waals surface area (Å²) in [5.41, 5.74) is -1.02. The highest BCUT2D eigenvalue weighted by molar-refractivity contribution is 7.95. The molecule has 2 rings (SSSR count). The maximum atomic E-state index is 12.1. The van der Waals surface area contributed by atoms with Crippen molar-refractivity contribution in [2.75, 3.05) is 23.0 Å². The number of sulfonamides is 1. The van der Waals surface area contributed by atoms with Crippen LogP contribution < -0.4 is 4.72 Å². The molecule has 2 heterocycles. The van der Waals surface area contributed by atoms with Gasteiger partial charge in [0.1, 0.15) is 0 Å². The molecule has 2 saturated heterocycles. The first-order valence-electron chi connectivity index (χ1n) is 5.87. The maximum absolute atomic E-state index is 12.1. The van der Waals surface area contributed by atoms with E-state index in [9.17, 15) is 25.3 Å². The van der Waals surface area contributed by atoms with Crippen LogP contribution in [0, 0.1) is 0 Å². The summed E-state index contributed by atoms with van der Waals surface area (Å²) in [5.74, 6) is -0.799. The van der Waals surface area contributed by atoms with Crippen molar-refractivity contribution in [1.82, 2.24) is 4.72 Å². The molecule has 0 aromatic heterocycles. The van der Waals surface area contributed by atoms with Crippen LogP contribution >= 0.6 is 0 Å². The first kappa shape index (κ1) is 15.2. The zero-order valence-electron chi connectivity index (χ0n) is 10.5. The van der Waals surface area contributed by atoms with Crippen LogP contribution in [-0.2, 0) is 29.7 Å². The van der Waals surface area contributed by atoms with Gasteiger partial charge in [0.05, 0.1) is 28.3 Å². The summed E-state index contributed by atoms with van der Waals surface area (Å²) in [6.45, 7) is 1.54. The number of nitrogens with one attached hydrogen (secondary N) is 1. The van der Waals surface area contributed by atoms with E-state index in [1.165, 1.54) is 0 Å². The van der Waals surface area contributed by atoms with Crippen LogP contribution in [0.3, 0.4) is 0 Å². The smallest absolute Gasteiger partial charge is 0.216 e. The number of rotatable bonds is 3. The average molecular weight is 331 g/mol. The van der Waals surface area contributed by atoms with Crippen LogP contribution in [-0.4, -0.2) is 59.1 Å². The van der Waals surface area contributed by atoms with Crippen molar-refractivity contribution >= 4 is 29.7 Å². The van der Waals surface area contributed by atoms with Gasteiger partial charge < -0.3 is 0 Å². The predicted molar refractivity (Wildman–Crippen MR) is 70.8 cm³/mol. The monoisotopic (exact) mass is 331 g/mol. The van der Waals surface area contributed by atoms with Crippen molar-refractivity contribution in [3.8, 4) is 0 Å². The fourth-order valence-electron chi connectivity index (χ4n) is 2.52. The van der Waals surface area contributed by atoms with Crippen molar-refractivity contribution in [2.24, 2.45) is 0 Å². The first-order valence-corrected chi connectivity index (χ1v) is 11.1. The van der Waals surface area contributed by atoms with Gasteiger partial charge in [-0.05, 0) is 19.8 Å². The Kier molecular flexibility index (Phi) is 3.52. The Morgan fingerprint density at radius 2 is 1.74 bits per heavy atom. The zero-order chi connectivity index (χ0) is 14.5. The van der Waals surface area contributed by atoms with Gasteiger partial charge in [-0.2, -0.15) is 0 Å². The zero-order valence-corrected chi connectivity index (χ0v) is 12.9. The van der Waals surface area contributed by atoms with Gasteiger partial charge in [-0.1, -0.05) is 0 Å². The molecule has 2 aliphatic rings. The third-order valence-electron chi connectivity index (χ3n) is 3.52.